The van der Waals surface area contributed by atoms with Gasteiger partial charge in [-0.05, 0) is 13.3 Å². The fraction of sp³-hybridized carbons (Fsp3) is 0.875. The van der Waals surface area contributed by atoms with E-state index in [1.807, 2.05) is 0 Å². The first kappa shape index (κ1) is 10.4. The minimum absolute atomic E-state index is 0.0764. The summed E-state index contributed by atoms with van der Waals surface area (Å²) >= 11 is 0. The van der Waals surface area contributed by atoms with Gasteiger partial charge in [0.05, 0.1) is 12.1 Å². The molecule has 0 saturated heterocycles. The van der Waals surface area contributed by atoms with Crippen LogP contribution < -0.4 is 5.32 Å². The number of amides is 1. The molecule has 0 aliphatic heterocycles. The van der Waals surface area contributed by atoms with Crippen molar-refractivity contribution in [3.05, 3.63) is 0 Å². The van der Waals surface area contributed by atoms with Gasteiger partial charge >= 0.3 is 0 Å². The number of nitrogens with one attached hydrogen (secondary N) is 1. The Bertz CT molecular complexity index is 104. The second-order valence-electron chi connectivity index (χ2n) is 2.77. The van der Waals surface area contributed by atoms with Crippen LogP contribution in [0.1, 0.15) is 33.1 Å². The Labute approximate surface area is 67.8 Å². The van der Waals surface area contributed by atoms with Gasteiger partial charge in [-0.25, -0.2) is 0 Å². The number of aliphatic hydroxyl groups is 1. The van der Waals surface area contributed by atoms with Crippen molar-refractivity contribution in [3.8, 4) is 0 Å². The number of carbonyl (C=O) groups is 1. The molecular formula is C8H17NO2. The molecule has 0 aliphatic rings. The van der Waals surface area contributed by atoms with Crippen LogP contribution in [0.4, 0.5) is 0 Å². The number of carbonyl (C=O) groups excluding carboxylic acids is 1. The van der Waals surface area contributed by atoms with Gasteiger partial charge in [0.15, 0.2) is 0 Å². The summed E-state index contributed by atoms with van der Waals surface area (Å²) < 4.78 is 0. The molecule has 0 saturated carbocycles. The minimum atomic E-state index is -0.452. The van der Waals surface area contributed by atoms with Crippen molar-refractivity contribution in [2.24, 2.45) is 0 Å². The lowest BCUT2D eigenvalue weighted by Crippen LogP contribution is -2.37. The van der Waals surface area contributed by atoms with E-state index in [0.29, 0.717) is 6.41 Å². The van der Waals surface area contributed by atoms with E-state index in [2.05, 4.69) is 12.2 Å². The van der Waals surface area contributed by atoms with E-state index in [1.54, 1.807) is 6.92 Å². The van der Waals surface area contributed by atoms with Gasteiger partial charge < -0.3 is 10.4 Å². The number of rotatable bonds is 6. The van der Waals surface area contributed by atoms with Crippen LogP contribution in [0.3, 0.4) is 0 Å². The zero-order valence-electron chi connectivity index (χ0n) is 7.21. The Morgan fingerprint density at radius 1 is 1.64 bits per heavy atom. The second kappa shape index (κ2) is 6.16. The van der Waals surface area contributed by atoms with Gasteiger partial charge in [0, 0.05) is 0 Å². The van der Waals surface area contributed by atoms with Crippen molar-refractivity contribution >= 4 is 6.41 Å². The third-order valence-electron chi connectivity index (χ3n) is 1.73. The standard InChI is InChI=1S/C8H17NO2/c1-3-4-5-8(7(2)11)9-6-10/h6-8,11H,3-5H2,1-2H3,(H,9,10). The van der Waals surface area contributed by atoms with Crippen molar-refractivity contribution in [2.75, 3.05) is 0 Å². The second-order valence-corrected chi connectivity index (χ2v) is 2.77. The maximum Gasteiger partial charge on any atom is 0.207 e. The summed E-state index contributed by atoms with van der Waals surface area (Å²) in [6, 6.07) is -0.0764. The molecule has 0 aromatic carbocycles. The molecule has 3 nitrogen and oxygen atoms in total. The molecule has 3 heteroatoms. The molecule has 0 aromatic rings. The van der Waals surface area contributed by atoms with Crippen molar-refractivity contribution in [1.82, 2.24) is 5.32 Å². The summed E-state index contributed by atoms with van der Waals surface area (Å²) in [6.45, 7) is 3.77. The minimum Gasteiger partial charge on any atom is -0.391 e. The Morgan fingerprint density at radius 3 is 2.64 bits per heavy atom. The van der Waals surface area contributed by atoms with Gasteiger partial charge in [0.2, 0.25) is 6.41 Å². The van der Waals surface area contributed by atoms with E-state index in [1.165, 1.54) is 0 Å². The molecule has 0 aromatic heterocycles. The molecule has 2 unspecified atom stereocenters. The molecule has 0 rings (SSSR count). The molecule has 1 amide bonds. The highest BCUT2D eigenvalue weighted by Crippen LogP contribution is 2.03. The van der Waals surface area contributed by atoms with Crippen LogP contribution in [0.5, 0.6) is 0 Å². The maximum atomic E-state index is 10.1. The Kier molecular flexibility index (Phi) is 5.84. The predicted molar refractivity (Wildman–Crippen MR) is 44.2 cm³/mol. The summed E-state index contributed by atoms with van der Waals surface area (Å²) in [7, 11) is 0. The summed E-state index contributed by atoms with van der Waals surface area (Å²) in [6.07, 6.45) is 3.17. The largest absolute Gasteiger partial charge is 0.391 e. The molecule has 0 radical (unpaired) electrons. The highest BCUT2D eigenvalue weighted by molar-refractivity contribution is 5.46. The Balaban J connectivity index is 3.59. The third kappa shape index (κ3) is 4.79. The van der Waals surface area contributed by atoms with Gasteiger partial charge in [-0.3, -0.25) is 4.79 Å². The number of hydrogen-bond donors (Lipinski definition) is 2. The highest BCUT2D eigenvalue weighted by atomic mass is 16.3. The van der Waals surface area contributed by atoms with Gasteiger partial charge in [-0.2, -0.15) is 0 Å². The topological polar surface area (TPSA) is 49.3 Å². The molecule has 0 aliphatic carbocycles. The fourth-order valence-electron chi connectivity index (χ4n) is 0.975. The van der Waals surface area contributed by atoms with E-state index in [9.17, 15) is 4.79 Å². The first-order chi connectivity index (χ1) is 5.22. The number of unbranched alkanes of at least 4 members (excludes halogenated alkanes) is 1. The summed E-state index contributed by atoms with van der Waals surface area (Å²) in [5.41, 5.74) is 0. The van der Waals surface area contributed by atoms with Crippen LogP contribution in [-0.4, -0.2) is 23.7 Å². The third-order valence-corrected chi connectivity index (χ3v) is 1.73. The molecule has 2 atom stereocenters. The summed E-state index contributed by atoms with van der Waals surface area (Å²) in [5.74, 6) is 0. The molecule has 0 spiro atoms. The first-order valence-corrected chi connectivity index (χ1v) is 4.10. The average Bonchev–Trinajstić information content (AvgIpc) is 1.97. The van der Waals surface area contributed by atoms with Crippen molar-refractivity contribution in [1.29, 1.82) is 0 Å². The first-order valence-electron chi connectivity index (χ1n) is 4.10. The number of hydrogen-bond acceptors (Lipinski definition) is 2. The zero-order chi connectivity index (χ0) is 8.69. The molecular weight excluding hydrogens is 142 g/mol. The SMILES string of the molecule is CCCCC(NC=O)C(C)O. The fourth-order valence-corrected chi connectivity index (χ4v) is 0.975. The van der Waals surface area contributed by atoms with Crippen LogP contribution >= 0.6 is 0 Å². The van der Waals surface area contributed by atoms with E-state index >= 15 is 0 Å². The van der Waals surface area contributed by atoms with Crippen LogP contribution in [-0.2, 0) is 4.79 Å². The van der Waals surface area contributed by atoms with Gasteiger partial charge in [-0.15, -0.1) is 0 Å². The summed E-state index contributed by atoms with van der Waals surface area (Å²) in [5, 5.41) is 11.7. The van der Waals surface area contributed by atoms with E-state index in [0.717, 1.165) is 19.3 Å². The van der Waals surface area contributed by atoms with Crippen LogP contribution in [0.15, 0.2) is 0 Å². The molecule has 0 bridgehead atoms. The quantitative estimate of drug-likeness (QED) is 0.560. The molecule has 0 fully saturated rings. The number of aliphatic hydroxyl groups excluding tert-OH is 1. The van der Waals surface area contributed by atoms with Gasteiger partial charge in [-0.1, -0.05) is 19.8 Å². The summed E-state index contributed by atoms with van der Waals surface area (Å²) in [4.78, 5) is 10.1. The van der Waals surface area contributed by atoms with E-state index < -0.39 is 6.10 Å². The Morgan fingerprint density at radius 2 is 2.27 bits per heavy atom. The lowest BCUT2D eigenvalue weighted by atomic mass is 10.1. The van der Waals surface area contributed by atoms with Crippen molar-refractivity contribution in [2.45, 2.75) is 45.3 Å². The normalized spacial score (nSPS) is 15.5. The average molecular weight is 159 g/mol. The lowest BCUT2D eigenvalue weighted by molar-refractivity contribution is -0.110. The van der Waals surface area contributed by atoms with E-state index in [-0.39, 0.29) is 6.04 Å². The van der Waals surface area contributed by atoms with Crippen LogP contribution in [0, 0.1) is 0 Å². The predicted octanol–water partition coefficient (Wildman–Crippen LogP) is 0.672. The van der Waals surface area contributed by atoms with Crippen molar-refractivity contribution < 1.29 is 9.90 Å². The highest BCUT2D eigenvalue weighted by Gasteiger charge is 2.11. The smallest absolute Gasteiger partial charge is 0.207 e. The lowest BCUT2D eigenvalue weighted by Gasteiger charge is -2.18. The van der Waals surface area contributed by atoms with Crippen molar-refractivity contribution in [3.63, 3.8) is 0 Å². The monoisotopic (exact) mass is 159 g/mol. The molecule has 0 heterocycles. The van der Waals surface area contributed by atoms with E-state index in [4.69, 9.17) is 5.11 Å². The van der Waals surface area contributed by atoms with Crippen LogP contribution in [0.25, 0.3) is 0 Å². The maximum absolute atomic E-state index is 10.1. The van der Waals surface area contributed by atoms with Gasteiger partial charge in [0.25, 0.3) is 0 Å². The molecule has 2 N–H and O–H groups in total. The van der Waals surface area contributed by atoms with Crippen LogP contribution in [0.2, 0.25) is 0 Å². The molecule has 66 valence electrons. The Hall–Kier alpha value is -0.570. The molecule has 11 heavy (non-hydrogen) atoms. The zero-order valence-corrected chi connectivity index (χ0v) is 7.21. The van der Waals surface area contributed by atoms with Gasteiger partial charge in [0.1, 0.15) is 0 Å².